The third kappa shape index (κ3) is 5.10. The largest absolute Gasteiger partial charge is 0.387 e. The van der Waals surface area contributed by atoms with Crippen LogP contribution in [0.1, 0.15) is 6.92 Å². The number of likely N-dealkylation sites (N-methyl/N-ethyl adjacent to an activating group) is 1. The summed E-state index contributed by atoms with van der Waals surface area (Å²) in [6.45, 7) is 1.70. The van der Waals surface area contributed by atoms with Crippen LogP contribution in [0.2, 0.25) is 0 Å². The summed E-state index contributed by atoms with van der Waals surface area (Å²) in [7, 11) is -0.264. The molecule has 1 aromatic rings. The van der Waals surface area contributed by atoms with Gasteiger partial charge in [0.05, 0.1) is 10.5 Å². The lowest BCUT2D eigenvalue weighted by molar-refractivity contribution is 0.0386. The molecule has 0 radical (unpaired) electrons. The molecule has 0 heterocycles. The number of benzene rings is 1. The summed E-state index contributed by atoms with van der Waals surface area (Å²) in [5.41, 5.74) is -1.21. The zero-order valence-electron chi connectivity index (χ0n) is 11.5. The Bertz CT molecular complexity index is 576. The maximum absolute atomic E-state index is 13.0. The minimum Gasteiger partial charge on any atom is -0.387 e. The molecule has 1 rings (SSSR count). The van der Waals surface area contributed by atoms with E-state index in [4.69, 9.17) is 0 Å². The van der Waals surface area contributed by atoms with Crippen molar-refractivity contribution in [3.05, 3.63) is 28.5 Å². The summed E-state index contributed by atoms with van der Waals surface area (Å²) in [6.07, 6.45) is 0. The number of nitrogens with zero attached hydrogens (tertiary/aromatic N) is 1. The SMILES string of the molecule is CN(C)CC(C)(O)CNS(=O)(=O)c1ccc(F)cc1Br. The van der Waals surface area contributed by atoms with Crippen molar-refractivity contribution < 1.29 is 17.9 Å². The molecule has 0 aliphatic carbocycles. The van der Waals surface area contributed by atoms with E-state index in [-0.39, 0.29) is 15.9 Å². The predicted molar refractivity (Wildman–Crippen MR) is 78.5 cm³/mol. The molecule has 0 amide bonds. The fourth-order valence-electron chi connectivity index (χ4n) is 1.76. The Hall–Kier alpha value is -0.540. The minimum atomic E-state index is -3.82. The van der Waals surface area contributed by atoms with Crippen LogP contribution in [0, 0.1) is 5.82 Å². The zero-order valence-corrected chi connectivity index (χ0v) is 13.9. The van der Waals surface area contributed by atoms with Crippen LogP contribution in [0.25, 0.3) is 0 Å². The van der Waals surface area contributed by atoms with Gasteiger partial charge in [0.25, 0.3) is 0 Å². The van der Waals surface area contributed by atoms with Gasteiger partial charge in [-0.1, -0.05) is 0 Å². The summed E-state index contributed by atoms with van der Waals surface area (Å²) < 4.78 is 39.6. The Balaban J connectivity index is 2.85. The van der Waals surface area contributed by atoms with Crippen LogP contribution in [0.5, 0.6) is 0 Å². The van der Waals surface area contributed by atoms with Crippen molar-refractivity contribution in [3.63, 3.8) is 0 Å². The average molecular weight is 369 g/mol. The van der Waals surface area contributed by atoms with Crippen molar-refractivity contribution in [1.29, 1.82) is 0 Å². The maximum atomic E-state index is 13.0. The van der Waals surface area contributed by atoms with Crippen molar-refractivity contribution in [2.45, 2.75) is 17.4 Å². The maximum Gasteiger partial charge on any atom is 0.241 e. The summed E-state index contributed by atoms with van der Waals surface area (Å²) >= 11 is 3.01. The smallest absolute Gasteiger partial charge is 0.241 e. The number of nitrogens with one attached hydrogen (secondary N) is 1. The fraction of sp³-hybridized carbons (Fsp3) is 0.500. The number of hydrogen-bond acceptors (Lipinski definition) is 4. The van der Waals surface area contributed by atoms with E-state index in [1.807, 2.05) is 0 Å². The van der Waals surface area contributed by atoms with Gasteiger partial charge in [-0.25, -0.2) is 17.5 Å². The van der Waals surface area contributed by atoms with E-state index in [9.17, 15) is 17.9 Å². The molecule has 8 heteroatoms. The van der Waals surface area contributed by atoms with Crippen LogP contribution >= 0.6 is 15.9 Å². The number of sulfonamides is 1. The molecule has 2 N–H and O–H groups in total. The van der Waals surface area contributed by atoms with E-state index in [0.717, 1.165) is 12.1 Å². The zero-order chi connectivity index (χ0) is 15.6. The van der Waals surface area contributed by atoms with Crippen LogP contribution in [0.4, 0.5) is 4.39 Å². The highest BCUT2D eigenvalue weighted by molar-refractivity contribution is 9.10. The normalized spacial score (nSPS) is 15.3. The highest BCUT2D eigenvalue weighted by atomic mass is 79.9. The molecule has 0 saturated carbocycles. The Kier molecular flexibility index (Phi) is 5.68. The lowest BCUT2D eigenvalue weighted by Crippen LogP contribution is -2.47. The summed E-state index contributed by atoms with van der Waals surface area (Å²) in [5, 5.41) is 10.1. The van der Waals surface area contributed by atoms with Crippen LogP contribution in [-0.4, -0.2) is 51.2 Å². The lowest BCUT2D eigenvalue weighted by Gasteiger charge is -2.27. The van der Waals surface area contributed by atoms with Crippen molar-refractivity contribution >= 4 is 26.0 Å². The van der Waals surface area contributed by atoms with Gasteiger partial charge in [0, 0.05) is 17.6 Å². The number of aliphatic hydroxyl groups is 1. The Morgan fingerprint density at radius 3 is 2.55 bits per heavy atom. The fourth-order valence-corrected chi connectivity index (χ4v) is 3.97. The first-order valence-corrected chi connectivity index (χ1v) is 8.13. The highest BCUT2D eigenvalue weighted by Gasteiger charge is 2.26. The summed E-state index contributed by atoms with van der Waals surface area (Å²) in [4.78, 5) is 1.68. The molecule has 20 heavy (non-hydrogen) atoms. The highest BCUT2D eigenvalue weighted by Crippen LogP contribution is 2.22. The van der Waals surface area contributed by atoms with E-state index >= 15 is 0 Å². The molecule has 0 saturated heterocycles. The first kappa shape index (κ1) is 17.5. The molecular formula is C12H18BrFN2O3S. The summed E-state index contributed by atoms with van der Waals surface area (Å²) in [5.74, 6) is -0.532. The van der Waals surface area contributed by atoms with Gasteiger partial charge in [0.1, 0.15) is 5.82 Å². The third-order valence-corrected chi connectivity index (χ3v) is 4.86. The Morgan fingerprint density at radius 2 is 2.05 bits per heavy atom. The number of hydrogen-bond donors (Lipinski definition) is 2. The molecule has 1 atom stereocenters. The van der Waals surface area contributed by atoms with Crippen molar-refractivity contribution in [1.82, 2.24) is 9.62 Å². The second-order valence-corrected chi connectivity index (χ2v) is 7.72. The van der Waals surface area contributed by atoms with E-state index in [0.29, 0.717) is 6.54 Å². The molecule has 0 fully saturated rings. The van der Waals surface area contributed by atoms with Crippen molar-refractivity contribution in [3.8, 4) is 0 Å². The monoisotopic (exact) mass is 368 g/mol. The topological polar surface area (TPSA) is 69.6 Å². The van der Waals surface area contributed by atoms with Gasteiger partial charge in [-0.05, 0) is 55.1 Å². The van der Waals surface area contributed by atoms with Crippen LogP contribution in [0.3, 0.4) is 0 Å². The first-order valence-electron chi connectivity index (χ1n) is 5.85. The molecule has 0 bridgehead atoms. The van der Waals surface area contributed by atoms with Gasteiger partial charge in [-0.2, -0.15) is 0 Å². The van der Waals surface area contributed by atoms with Gasteiger partial charge in [0.2, 0.25) is 10.0 Å². The van der Waals surface area contributed by atoms with Crippen molar-refractivity contribution in [2.24, 2.45) is 0 Å². The second kappa shape index (κ2) is 6.48. The third-order valence-electron chi connectivity index (χ3n) is 2.48. The van der Waals surface area contributed by atoms with E-state index in [1.54, 1.807) is 19.0 Å². The quantitative estimate of drug-likeness (QED) is 0.790. The minimum absolute atomic E-state index is 0.0699. The van der Waals surface area contributed by atoms with Crippen LogP contribution < -0.4 is 4.72 Å². The molecule has 5 nitrogen and oxygen atoms in total. The van der Waals surface area contributed by atoms with Gasteiger partial charge < -0.3 is 10.0 Å². The molecule has 0 aliphatic rings. The molecule has 1 aromatic carbocycles. The molecule has 0 aliphatic heterocycles. The Labute approximate surface area is 127 Å². The van der Waals surface area contributed by atoms with Gasteiger partial charge >= 0.3 is 0 Å². The van der Waals surface area contributed by atoms with Crippen LogP contribution in [-0.2, 0) is 10.0 Å². The molecular weight excluding hydrogens is 351 g/mol. The first-order chi connectivity index (χ1) is 9.03. The van der Waals surface area contributed by atoms with Gasteiger partial charge in [-0.15, -0.1) is 0 Å². The standard InChI is InChI=1S/C12H18BrFN2O3S/c1-12(17,8-16(2)3)7-15-20(18,19)11-5-4-9(14)6-10(11)13/h4-6,15,17H,7-8H2,1-3H3. The van der Waals surface area contributed by atoms with E-state index in [2.05, 4.69) is 20.7 Å². The van der Waals surface area contributed by atoms with Gasteiger partial charge in [0.15, 0.2) is 0 Å². The molecule has 0 aromatic heterocycles. The van der Waals surface area contributed by atoms with Crippen molar-refractivity contribution in [2.75, 3.05) is 27.2 Å². The van der Waals surface area contributed by atoms with E-state index in [1.165, 1.54) is 13.0 Å². The lowest BCUT2D eigenvalue weighted by atomic mass is 10.1. The molecule has 114 valence electrons. The average Bonchev–Trinajstić information content (AvgIpc) is 2.24. The summed E-state index contributed by atoms with van der Waals surface area (Å²) in [6, 6.07) is 3.31. The predicted octanol–water partition coefficient (Wildman–Crippen LogP) is 1.18. The molecule has 0 spiro atoms. The number of rotatable bonds is 6. The molecule has 1 unspecified atom stereocenters. The number of halogens is 2. The second-order valence-electron chi connectivity index (χ2n) is 5.13. The Morgan fingerprint density at radius 1 is 1.45 bits per heavy atom. The van der Waals surface area contributed by atoms with Gasteiger partial charge in [-0.3, -0.25) is 0 Å². The van der Waals surface area contributed by atoms with E-state index < -0.39 is 21.4 Å². The van der Waals surface area contributed by atoms with Crippen LogP contribution in [0.15, 0.2) is 27.6 Å².